The molecule has 0 aliphatic carbocycles. The molecule has 0 aromatic heterocycles. The van der Waals surface area contributed by atoms with Gasteiger partial charge in [-0.1, -0.05) is 11.8 Å². The van der Waals surface area contributed by atoms with Gasteiger partial charge in [-0.15, -0.1) is 0 Å². The third kappa shape index (κ3) is 2.89. The van der Waals surface area contributed by atoms with E-state index in [0.717, 1.165) is 19.0 Å². The molecule has 0 saturated heterocycles. The van der Waals surface area contributed by atoms with Crippen molar-refractivity contribution in [3.63, 3.8) is 0 Å². The normalized spacial score (nSPS) is 10.4. The van der Waals surface area contributed by atoms with E-state index in [4.69, 9.17) is 5.73 Å². The van der Waals surface area contributed by atoms with Crippen LogP contribution in [0.5, 0.6) is 0 Å². The first-order chi connectivity index (χ1) is 7.65. The fraction of sp³-hybridized carbons (Fsp3) is 0. The summed E-state index contributed by atoms with van der Waals surface area (Å²) in [4.78, 5) is 1.97. The van der Waals surface area contributed by atoms with E-state index in [2.05, 4.69) is 22.6 Å². The second kappa shape index (κ2) is 5.05. The Morgan fingerprint density at radius 1 is 1.06 bits per heavy atom. The number of nitrogens with two attached hydrogens (primary N) is 1. The standard InChI is InChI=1S/C12H9FINS/c13-8-1-4-10(5-2-8)16-12-6-3-9(14)7-11(12)15/h1-7H,15H2. The number of benzene rings is 2. The molecule has 0 fully saturated rings. The number of anilines is 1. The van der Waals surface area contributed by atoms with Gasteiger partial charge in [0, 0.05) is 19.0 Å². The second-order valence-electron chi connectivity index (χ2n) is 3.24. The van der Waals surface area contributed by atoms with Gasteiger partial charge in [-0.05, 0) is 65.1 Å². The molecule has 0 aliphatic rings. The lowest BCUT2D eigenvalue weighted by atomic mass is 10.3. The van der Waals surface area contributed by atoms with Crippen molar-refractivity contribution in [3.05, 3.63) is 51.9 Å². The minimum Gasteiger partial charge on any atom is -0.398 e. The minimum absolute atomic E-state index is 0.222. The first-order valence-corrected chi connectivity index (χ1v) is 6.53. The number of halogens is 2. The van der Waals surface area contributed by atoms with Crippen molar-refractivity contribution in [2.75, 3.05) is 5.73 Å². The van der Waals surface area contributed by atoms with E-state index in [9.17, 15) is 4.39 Å². The van der Waals surface area contributed by atoms with Crippen LogP contribution in [0.4, 0.5) is 10.1 Å². The highest BCUT2D eigenvalue weighted by Gasteiger charge is 2.02. The lowest BCUT2D eigenvalue weighted by Gasteiger charge is -2.05. The zero-order valence-electron chi connectivity index (χ0n) is 8.28. The lowest BCUT2D eigenvalue weighted by molar-refractivity contribution is 0.626. The van der Waals surface area contributed by atoms with Crippen LogP contribution in [0, 0.1) is 9.39 Å². The third-order valence-corrected chi connectivity index (χ3v) is 3.78. The number of nitrogen functional groups attached to an aromatic ring is 1. The molecule has 82 valence electrons. The highest BCUT2D eigenvalue weighted by Crippen LogP contribution is 2.32. The summed E-state index contributed by atoms with van der Waals surface area (Å²) in [5, 5.41) is 0. The van der Waals surface area contributed by atoms with Crippen LogP contribution in [0.25, 0.3) is 0 Å². The second-order valence-corrected chi connectivity index (χ2v) is 5.60. The van der Waals surface area contributed by atoms with E-state index in [1.807, 2.05) is 18.2 Å². The molecule has 0 spiro atoms. The maximum atomic E-state index is 12.7. The van der Waals surface area contributed by atoms with E-state index >= 15 is 0 Å². The van der Waals surface area contributed by atoms with E-state index in [1.165, 1.54) is 23.9 Å². The molecule has 1 nitrogen and oxygen atoms in total. The van der Waals surface area contributed by atoms with Gasteiger partial charge in [-0.25, -0.2) is 4.39 Å². The van der Waals surface area contributed by atoms with Crippen molar-refractivity contribution >= 4 is 40.0 Å². The van der Waals surface area contributed by atoms with E-state index in [0.29, 0.717) is 0 Å². The van der Waals surface area contributed by atoms with E-state index in [1.54, 1.807) is 12.1 Å². The highest BCUT2D eigenvalue weighted by atomic mass is 127. The smallest absolute Gasteiger partial charge is 0.123 e. The maximum Gasteiger partial charge on any atom is 0.123 e. The van der Waals surface area contributed by atoms with E-state index in [-0.39, 0.29) is 5.82 Å². The van der Waals surface area contributed by atoms with Gasteiger partial charge in [0.2, 0.25) is 0 Å². The Morgan fingerprint density at radius 2 is 1.75 bits per heavy atom. The van der Waals surface area contributed by atoms with Crippen LogP contribution in [0.3, 0.4) is 0 Å². The molecule has 16 heavy (non-hydrogen) atoms. The topological polar surface area (TPSA) is 26.0 Å². The van der Waals surface area contributed by atoms with Crippen molar-refractivity contribution in [2.45, 2.75) is 9.79 Å². The Hall–Kier alpha value is -0.750. The molecule has 0 atom stereocenters. The van der Waals surface area contributed by atoms with Gasteiger partial charge in [-0.2, -0.15) is 0 Å². The summed E-state index contributed by atoms with van der Waals surface area (Å²) in [5.74, 6) is -0.222. The van der Waals surface area contributed by atoms with E-state index < -0.39 is 0 Å². The average molecular weight is 345 g/mol. The summed E-state index contributed by atoms with van der Waals surface area (Å²) in [6.07, 6.45) is 0. The number of hydrogen-bond donors (Lipinski definition) is 1. The summed E-state index contributed by atoms with van der Waals surface area (Å²) >= 11 is 3.76. The van der Waals surface area contributed by atoms with Crippen molar-refractivity contribution in [3.8, 4) is 0 Å². The van der Waals surface area contributed by atoms with Crippen molar-refractivity contribution in [1.29, 1.82) is 0 Å². The fourth-order valence-electron chi connectivity index (χ4n) is 1.24. The third-order valence-electron chi connectivity index (χ3n) is 2.01. The van der Waals surface area contributed by atoms with Crippen LogP contribution in [0.15, 0.2) is 52.3 Å². The zero-order valence-corrected chi connectivity index (χ0v) is 11.3. The minimum atomic E-state index is -0.222. The predicted molar refractivity (Wildman–Crippen MR) is 74.1 cm³/mol. The molecule has 0 heterocycles. The highest BCUT2D eigenvalue weighted by molar-refractivity contribution is 14.1. The molecule has 2 aromatic carbocycles. The van der Waals surface area contributed by atoms with Gasteiger partial charge in [0.15, 0.2) is 0 Å². The molecule has 0 saturated carbocycles. The first-order valence-electron chi connectivity index (χ1n) is 4.63. The predicted octanol–water partition coefficient (Wildman–Crippen LogP) is 4.16. The summed E-state index contributed by atoms with van der Waals surface area (Å²) in [7, 11) is 0. The van der Waals surface area contributed by atoms with Gasteiger partial charge in [0.05, 0.1) is 0 Å². The first kappa shape index (κ1) is 11.7. The molecular formula is C12H9FINS. The van der Waals surface area contributed by atoms with Crippen LogP contribution in [-0.4, -0.2) is 0 Å². The Labute approximate surface area is 111 Å². The summed E-state index contributed by atoms with van der Waals surface area (Å²) in [6, 6.07) is 12.3. The molecule has 0 amide bonds. The molecule has 0 unspecified atom stereocenters. The molecule has 0 radical (unpaired) electrons. The SMILES string of the molecule is Nc1cc(I)ccc1Sc1ccc(F)cc1. The number of rotatable bonds is 2. The quantitative estimate of drug-likeness (QED) is 0.653. The molecule has 2 N–H and O–H groups in total. The van der Waals surface area contributed by atoms with Gasteiger partial charge < -0.3 is 5.73 Å². The van der Waals surface area contributed by atoms with Crippen LogP contribution < -0.4 is 5.73 Å². The molecular weight excluding hydrogens is 336 g/mol. The van der Waals surface area contributed by atoms with Crippen molar-refractivity contribution in [1.82, 2.24) is 0 Å². The Kier molecular flexibility index (Phi) is 3.70. The van der Waals surface area contributed by atoms with Crippen LogP contribution in [0.2, 0.25) is 0 Å². The fourth-order valence-corrected chi connectivity index (χ4v) is 2.60. The lowest BCUT2D eigenvalue weighted by Crippen LogP contribution is -1.89. The maximum absolute atomic E-state index is 12.7. The Balaban J connectivity index is 2.23. The van der Waals surface area contributed by atoms with Gasteiger partial charge in [0.25, 0.3) is 0 Å². The largest absolute Gasteiger partial charge is 0.398 e. The van der Waals surface area contributed by atoms with Crippen molar-refractivity contribution < 1.29 is 4.39 Å². The van der Waals surface area contributed by atoms with Gasteiger partial charge >= 0.3 is 0 Å². The van der Waals surface area contributed by atoms with Gasteiger partial charge in [-0.3, -0.25) is 0 Å². The Bertz CT molecular complexity index is 499. The van der Waals surface area contributed by atoms with Crippen LogP contribution in [-0.2, 0) is 0 Å². The average Bonchev–Trinajstić information content (AvgIpc) is 2.25. The number of hydrogen-bond acceptors (Lipinski definition) is 2. The zero-order chi connectivity index (χ0) is 11.5. The van der Waals surface area contributed by atoms with Gasteiger partial charge in [0.1, 0.15) is 5.82 Å². The molecule has 4 heteroatoms. The van der Waals surface area contributed by atoms with Crippen LogP contribution in [0.1, 0.15) is 0 Å². The molecule has 0 bridgehead atoms. The van der Waals surface area contributed by atoms with Crippen molar-refractivity contribution in [2.24, 2.45) is 0 Å². The monoisotopic (exact) mass is 345 g/mol. The summed E-state index contributed by atoms with van der Waals surface area (Å²) in [5.41, 5.74) is 6.65. The molecule has 0 aliphatic heterocycles. The summed E-state index contributed by atoms with van der Waals surface area (Å²) in [6.45, 7) is 0. The Morgan fingerprint density at radius 3 is 2.38 bits per heavy atom. The van der Waals surface area contributed by atoms with Crippen LogP contribution >= 0.6 is 34.4 Å². The molecule has 2 rings (SSSR count). The molecule has 2 aromatic rings. The summed E-state index contributed by atoms with van der Waals surface area (Å²) < 4.78 is 13.8.